The molecule has 1 amide bonds. The molecular weight excluding hydrogens is 327 g/mol. The zero-order chi connectivity index (χ0) is 12.5. The Kier molecular flexibility index (Phi) is 3.73. The zero-order valence-corrected chi connectivity index (χ0v) is 12.3. The highest BCUT2D eigenvalue weighted by molar-refractivity contribution is 14.1. The standard InChI is InChI=1S/C13H17IN2O/c1-9-7-10(14)3-4-11(9)16-12(17)13(2)5-6-15-8-13/h3-4,7,15H,5-6,8H2,1-2H3,(H,16,17). The first-order valence-corrected chi connectivity index (χ1v) is 6.87. The summed E-state index contributed by atoms with van der Waals surface area (Å²) in [7, 11) is 0. The normalized spacial score (nSPS) is 23.7. The van der Waals surface area contributed by atoms with E-state index in [4.69, 9.17) is 0 Å². The van der Waals surface area contributed by atoms with Gasteiger partial charge in [-0.3, -0.25) is 4.79 Å². The molecule has 2 rings (SSSR count). The van der Waals surface area contributed by atoms with E-state index < -0.39 is 0 Å². The molecule has 17 heavy (non-hydrogen) atoms. The van der Waals surface area contributed by atoms with Crippen LogP contribution in [-0.2, 0) is 4.79 Å². The third kappa shape index (κ3) is 2.80. The molecule has 2 N–H and O–H groups in total. The van der Waals surface area contributed by atoms with Gasteiger partial charge in [0.1, 0.15) is 0 Å². The minimum atomic E-state index is -0.268. The number of anilines is 1. The van der Waals surface area contributed by atoms with E-state index in [-0.39, 0.29) is 11.3 Å². The number of halogens is 1. The summed E-state index contributed by atoms with van der Waals surface area (Å²) in [6.07, 6.45) is 0.905. The quantitative estimate of drug-likeness (QED) is 0.810. The maximum atomic E-state index is 12.2. The van der Waals surface area contributed by atoms with Gasteiger partial charge < -0.3 is 10.6 Å². The van der Waals surface area contributed by atoms with Crippen molar-refractivity contribution >= 4 is 34.2 Å². The number of carbonyl (C=O) groups is 1. The second-order valence-corrected chi connectivity index (χ2v) is 6.15. The summed E-state index contributed by atoms with van der Waals surface area (Å²) in [5.41, 5.74) is 1.76. The molecular formula is C13H17IN2O. The van der Waals surface area contributed by atoms with E-state index in [1.165, 1.54) is 3.57 Å². The number of hydrogen-bond acceptors (Lipinski definition) is 2. The summed E-state index contributed by atoms with van der Waals surface area (Å²) in [6.45, 7) is 5.73. The Bertz CT molecular complexity index is 439. The van der Waals surface area contributed by atoms with Gasteiger partial charge >= 0.3 is 0 Å². The fourth-order valence-corrected chi connectivity index (χ4v) is 2.70. The second-order valence-electron chi connectivity index (χ2n) is 4.90. The average Bonchev–Trinajstić information content (AvgIpc) is 2.71. The van der Waals surface area contributed by atoms with Crippen molar-refractivity contribution in [2.75, 3.05) is 18.4 Å². The van der Waals surface area contributed by atoms with Crippen LogP contribution < -0.4 is 10.6 Å². The van der Waals surface area contributed by atoms with E-state index in [0.717, 1.165) is 30.8 Å². The van der Waals surface area contributed by atoms with Crippen LogP contribution in [0.3, 0.4) is 0 Å². The SMILES string of the molecule is Cc1cc(I)ccc1NC(=O)C1(C)CCNC1. The molecule has 1 aromatic carbocycles. The molecule has 1 heterocycles. The molecule has 1 aromatic rings. The van der Waals surface area contributed by atoms with Gasteiger partial charge in [0.2, 0.25) is 5.91 Å². The van der Waals surface area contributed by atoms with Gasteiger partial charge in [0.05, 0.1) is 5.41 Å². The van der Waals surface area contributed by atoms with Crippen LogP contribution in [-0.4, -0.2) is 19.0 Å². The molecule has 1 aliphatic rings. The molecule has 0 aromatic heterocycles. The van der Waals surface area contributed by atoms with E-state index in [2.05, 4.69) is 39.3 Å². The van der Waals surface area contributed by atoms with E-state index in [1.54, 1.807) is 0 Å². The number of amides is 1. The zero-order valence-electron chi connectivity index (χ0n) is 10.1. The van der Waals surface area contributed by atoms with Gasteiger partial charge in [0, 0.05) is 15.8 Å². The molecule has 1 aliphatic heterocycles. The van der Waals surface area contributed by atoms with Gasteiger partial charge in [-0.05, 0) is 73.2 Å². The summed E-state index contributed by atoms with van der Waals surface area (Å²) in [5, 5.41) is 6.28. The first-order chi connectivity index (χ1) is 8.01. The minimum absolute atomic E-state index is 0.117. The highest BCUT2D eigenvalue weighted by Gasteiger charge is 2.36. The van der Waals surface area contributed by atoms with Crippen LogP contribution in [0.25, 0.3) is 0 Å². The predicted molar refractivity (Wildman–Crippen MR) is 78.1 cm³/mol. The van der Waals surface area contributed by atoms with Crippen molar-refractivity contribution in [1.82, 2.24) is 5.32 Å². The van der Waals surface area contributed by atoms with Crippen molar-refractivity contribution in [1.29, 1.82) is 0 Å². The van der Waals surface area contributed by atoms with E-state index in [0.29, 0.717) is 0 Å². The van der Waals surface area contributed by atoms with Crippen LogP contribution in [0.5, 0.6) is 0 Å². The second kappa shape index (κ2) is 4.94. The summed E-state index contributed by atoms with van der Waals surface area (Å²) in [5.74, 6) is 0.117. The lowest BCUT2D eigenvalue weighted by atomic mass is 9.88. The van der Waals surface area contributed by atoms with E-state index in [1.807, 2.05) is 26.0 Å². The molecule has 0 saturated carbocycles. The van der Waals surface area contributed by atoms with Crippen molar-refractivity contribution in [3.63, 3.8) is 0 Å². The van der Waals surface area contributed by atoms with Crippen molar-refractivity contribution in [2.24, 2.45) is 5.41 Å². The fourth-order valence-electron chi connectivity index (χ4n) is 2.05. The topological polar surface area (TPSA) is 41.1 Å². The minimum Gasteiger partial charge on any atom is -0.325 e. The van der Waals surface area contributed by atoms with Crippen LogP contribution in [0.2, 0.25) is 0 Å². The molecule has 1 unspecified atom stereocenters. The number of rotatable bonds is 2. The van der Waals surface area contributed by atoms with Gasteiger partial charge in [-0.15, -0.1) is 0 Å². The molecule has 0 bridgehead atoms. The van der Waals surface area contributed by atoms with Gasteiger partial charge in [-0.2, -0.15) is 0 Å². The summed E-state index contributed by atoms with van der Waals surface area (Å²) < 4.78 is 1.19. The number of aryl methyl sites for hydroxylation is 1. The fraction of sp³-hybridized carbons (Fsp3) is 0.462. The lowest BCUT2D eigenvalue weighted by Gasteiger charge is -2.22. The smallest absolute Gasteiger partial charge is 0.231 e. The highest BCUT2D eigenvalue weighted by Crippen LogP contribution is 2.27. The third-order valence-electron chi connectivity index (χ3n) is 3.35. The largest absolute Gasteiger partial charge is 0.325 e. The maximum absolute atomic E-state index is 12.2. The maximum Gasteiger partial charge on any atom is 0.231 e. The lowest BCUT2D eigenvalue weighted by Crippen LogP contribution is -2.35. The Hall–Kier alpha value is -0.620. The van der Waals surface area contributed by atoms with E-state index >= 15 is 0 Å². The van der Waals surface area contributed by atoms with Gasteiger partial charge in [-0.1, -0.05) is 0 Å². The summed E-state index contributed by atoms with van der Waals surface area (Å²) >= 11 is 2.27. The Labute approximate surface area is 116 Å². The number of hydrogen-bond donors (Lipinski definition) is 2. The predicted octanol–water partition coefficient (Wildman–Crippen LogP) is 2.54. The first kappa shape index (κ1) is 12.8. The molecule has 1 atom stereocenters. The number of carbonyl (C=O) groups excluding carboxylic acids is 1. The molecule has 3 nitrogen and oxygen atoms in total. The Balaban J connectivity index is 2.13. The molecule has 4 heteroatoms. The van der Waals surface area contributed by atoms with Gasteiger partial charge in [-0.25, -0.2) is 0 Å². The average molecular weight is 344 g/mol. The van der Waals surface area contributed by atoms with Gasteiger partial charge in [0.15, 0.2) is 0 Å². The molecule has 1 fully saturated rings. The van der Waals surface area contributed by atoms with Crippen LogP contribution in [0.4, 0.5) is 5.69 Å². The molecule has 1 saturated heterocycles. The Morgan fingerprint density at radius 3 is 2.88 bits per heavy atom. The van der Waals surface area contributed by atoms with Crippen LogP contribution in [0.15, 0.2) is 18.2 Å². The van der Waals surface area contributed by atoms with Crippen molar-refractivity contribution in [2.45, 2.75) is 20.3 Å². The Morgan fingerprint density at radius 1 is 1.53 bits per heavy atom. The molecule has 92 valence electrons. The monoisotopic (exact) mass is 344 g/mol. The highest BCUT2D eigenvalue weighted by atomic mass is 127. The number of benzene rings is 1. The number of nitrogens with one attached hydrogen (secondary N) is 2. The van der Waals surface area contributed by atoms with Crippen LogP contribution >= 0.6 is 22.6 Å². The van der Waals surface area contributed by atoms with Crippen molar-refractivity contribution in [3.05, 3.63) is 27.3 Å². The molecule has 0 aliphatic carbocycles. The first-order valence-electron chi connectivity index (χ1n) is 5.80. The Morgan fingerprint density at radius 2 is 2.29 bits per heavy atom. The van der Waals surface area contributed by atoms with Gasteiger partial charge in [0.25, 0.3) is 0 Å². The lowest BCUT2D eigenvalue weighted by molar-refractivity contribution is -0.123. The van der Waals surface area contributed by atoms with Crippen molar-refractivity contribution in [3.8, 4) is 0 Å². The van der Waals surface area contributed by atoms with Crippen LogP contribution in [0.1, 0.15) is 18.9 Å². The summed E-state index contributed by atoms with van der Waals surface area (Å²) in [6, 6.07) is 6.06. The molecule has 0 spiro atoms. The molecule has 0 radical (unpaired) electrons. The van der Waals surface area contributed by atoms with Crippen LogP contribution in [0, 0.1) is 15.9 Å². The third-order valence-corrected chi connectivity index (χ3v) is 4.02. The van der Waals surface area contributed by atoms with Crippen molar-refractivity contribution < 1.29 is 4.79 Å². The van der Waals surface area contributed by atoms with E-state index in [9.17, 15) is 4.79 Å². The summed E-state index contributed by atoms with van der Waals surface area (Å²) in [4.78, 5) is 12.2.